The van der Waals surface area contributed by atoms with Crippen molar-refractivity contribution >= 4 is 0 Å². The van der Waals surface area contributed by atoms with E-state index in [9.17, 15) is 4.39 Å². The molecule has 0 fully saturated rings. The molecule has 18 heavy (non-hydrogen) atoms. The molecule has 2 N–H and O–H groups in total. The Morgan fingerprint density at radius 1 is 1.33 bits per heavy atom. The van der Waals surface area contributed by atoms with Gasteiger partial charge in [-0.3, -0.25) is 0 Å². The Bertz CT molecular complexity index is 525. The van der Waals surface area contributed by atoms with E-state index in [0.29, 0.717) is 18.3 Å². The van der Waals surface area contributed by atoms with E-state index >= 15 is 0 Å². The maximum atomic E-state index is 13.0. The third-order valence-electron chi connectivity index (χ3n) is 2.74. The fraction of sp³-hybridized carbons (Fsp3) is 0.385. The third-order valence-corrected chi connectivity index (χ3v) is 2.74. The van der Waals surface area contributed by atoms with E-state index in [1.807, 2.05) is 6.92 Å². The van der Waals surface area contributed by atoms with Crippen molar-refractivity contribution in [1.82, 2.24) is 10.1 Å². The van der Waals surface area contributed by atoms with Gasteiger partial charge in [0.15, 0.2) is 0 Å². The molecule has 0 aliphatic heterocycles. The third kappa shape index (κ3) is 2.92. The molecule has 0 saturated carbocycles. The van der Waals surface area contributed by atoms with E-state index in [2.05, 4.69) is 10.1 Å². The molecular weight excluding hydrogens is 233 g/mol. The molecule has 0 atom stereocenters. The van der Waals surface area contributed by atoms with Crippen molar-refractivity contribution in [2.75, 3.05) is 6.54 Å². The average Bonchev–Trinajstić information content (AvgIpc) is 2.78. The highest BCUT2D eigenvalue weighted by atomic mass is 19.1. The van der Waals surface area contributed by atoms with Gasteiger partial charge in [-0.2, -0.15) is 4.98 Å². The molecule has 96 valence electrons. The summed E-state index contributed by atoms with van der Waals surface area (Å²) in [6, 6.07) is 4.52. The number of rotatable bonds is 5. The van der Waals surface area contributed by atoms with Crippen LogP contribution in [0.1, 0.15) is 24.3 Å². The Kier molecular flexibility index (Phi) is 4.04. The van der Waals surface area contributed by atoms with E-state index in [1.165, 1.54) is 12.1 Å². The van der Waals surface area contributed by atoms with Crippen molar-refractivity contribution in [3.05, 3.63) is 35.5 Å². The molecule has 1 aromatic heterocycles. The van der Waals surface area contributed by atoms with Gasteiger partial charge in [-0.25, -0.2) is 4.39 Å². The highest BCUT2D eigenvalue weighted by molar-refractivity contribution is 5.59. The van der Waals surface area contributed by atoms with Gasteiger partial charge in [-0.15, -0.1) is 0 Å². The Morgan fingerprint density at radius 3 is 2.89 bits per heavy atom. The van der Waals surface area contributed by atoms with Gasteiger partial charge in [0.1, 0.15) is 5.82 Å². The Morgan fingerprint density at radius 2 is 2.17 bits per heavy atom. The SMILES string of the molecule is Cc1cc(F)ccc1-c1noc(CCCCN)n1. The minimum atomic E-state index is -0.261. The van der Waals surface area contributed by atoms with Gasteiger partial charge in [0.2, 0.25) is 11.7 Å². The minimum Gasteiger partial charge on any atom is -0.339 e. The van der Waals surface area contributed by atoms with Gasteiger partial charge in [0.05, 0.1) is 0 Å². The molecular formula is C13H16FN3O. The summed E-state index contributed by atoms with van der Waals surface area (Å²) in [7, 11) is 0. The largest absolute Gasteiger partial charge is 0.339 e. The van der Waals surface area contributed by atoms with Gasteiger partial charge < -0.3 is 10.3 Å². The van der Waals surface area contributed by atoms with E-state index in [0.717, 1.165) is 30.4 Å². The lowest BCUT2D eigenvalue weighted by molar-refractivity contribution is 0.375. The lowest BCUT2D eigenvalue weighted by Gasteiger charge is -1.99. The second kappa shape index (κ2) is 5.73. The van der Waals surface area contributed by atoms with Gasteiger partial charge in [0, 0.05) is 12.0 Å². The molecule has 1 aromatic carbocycles. The second-order valence-electron chi connectivity index (χ2n) is 4.22. The quantitative estimate of drug-likeness (QED) is 0.827. The van der Waals surface area contributed by atoms with Gasteiger partial charge in [-0.1, -0.05) is 5.16 Å². The summed E-state index contributed by atoms with van der Waals surface area (Å²) in [4.78, 5) is 4.30. The maximum absolute atomic E-state index is 13.0. The van der Waals surface area contributed by atoms with E-state index in [1.54, 1.807) is 6.07 Å². The fourth-order valence-corrected chi connectivity index (χ4v) is 1.76. The highest BCUT2D eigenvalue weighted by Gasteiger charge is 2.11. The zero-order valence-electron chi connectivity index (χ0n) is 10.3. The molecule has 4 nitrogen and oxygen atoms in total. The van der Waals surface area contributed by atoms with Crippen molar-refractivity contribution in [1.29, 1.82) is 0 Å². The first-order chi connectivity index (χ1) is 8.70. The molecule has 5 heteroatoms. The van der Waals surface area contributed by atoms with Crippen LogP contribution in [0.15, 0.2) is 22.7 Å². The first kappa shape index (κ1) is 12.7. The molecule has 0 bridgehead atoms. The van der Waals surface area contributed by atoms with Crippen molar-refractivity contribution in [2.24, 2.45) is 5.73 Å². The van der Waals surface area contributed by atoms with Gasteiger partial charge in [0.25, 0.3) is 0 Å². The normalized spacial score (nSPS) is 10.8. The van der Waals surface area contributed by atoms with Gasteiger partial charge in [-0.05, 0) is 50.1 Å². The minimum absolute atomic E-state index is 0.261. The summed E-state index contributed by atoms with van der Waals surface area (Å²) in [5.41, 5.74) is 7.01. The Hall–Kier alpha value is -1.75. The highest BCUT2D eigenvalue weighted by Crippen LogP contribution is 2.21. The van der Waals surface area contributed by atoms with Crippen LogP contribution in [-0.2, 0) is 6.42 Å². The van der Waals surface area contributed by atoms with Crippen molar-refractivity contribution in [3.63, 3.8) is 0 Å². The van der Waals surface area contributed by atoms with Crippen molar-refractivity contribution < 1.29 is 8.91 Å². The fourth-order valence-electron chi connectivity index (χ4n) is 1.76. The average molecular weight is 249 g/mol. The summed E-state index contributed by atoms with van der Waals surface area (Å²) in [5.74, 6) is 0.848. The van der Waals surface area contributed by atoms with Crippen molar-refractivity contribution in [2.45, 2.75) is 26.2 Å². The molecule has 0 unspecified atom stereocenters. The summed E-state index contributed by atoms with van der Waals surface area (Å²) < 4.78 is 18.2. The Balaban J connectivity index is 2.13. The monoisotopic (exact) mass is 249 g/mol. The Labute approximate surface area is 105 Å². The van der Waals surface area contributed by atoms with Crippen LogP contribution in [0.25, 0.3) is 11.4 Å². The van der Waals surface area contributed by atoms with Crippen LogP contribution >= 0.6 is 0 Å². The molecule has 0 aliphatic carbocycles. The summed E-state index contributed by atoms with van der Waals surface area (Å²) in [6.07, 6.45) is 2.60. The number of halogens is 1. The summed E-state index contributed by atoms with van der Waals surface area (Å²) >= 11 is 0. The summed E-state index contributed by atoms with van der Waals surface area (Å²) in [6.45, 7) is 2.49. The molecule has 0 aliphatic rings. The van der Waals surface area contributed by atoms with Crippen LogP contribution in [0.3, 0.4) is 0 Å². The maximum Gasteiger partial charge on any atom is 0.226 e. The molecule has 0 saturated heterocycles. The van der Waals surface area contributed by atoms with Crippen LogP contribution in [0.2, 0.25) is 0 Å². The molecule has 2 rings (SSSR count). The number of hydrogen-bond donors (Lipinski definition) is 1. The van der Waals surface area contributed by atoms with Crippen LogP contribution in [0.4, 0.5) is 4.39 Å². The molecule has 2 aromatic rings. The molecule has 0 amide bonds. The summed E-state index contributed by atoms with van der Waals surface area (Å²) in [5, 5.41) is 3.92. The van der Waals surface area contributed by atoms with E-state index in [-0.39, 0.29) is 5.82 Å². The van der Waals surface area contributed by atoms with Crippen LogP contribution in [-0.4, -0.2) is 16.7 Å². The van der Waals surface area contributed by atoms with Crippen molar-refractivity contribution in [3.8, 4) is 11.4 Å². The van der Waals surface area contributed by atoms with E-state index < -0.39 is 0 Å². The number of nitrogens with two attached hydrogens (primary N) is 1. The second-order valence-corrected chi connectivity index (χ2v) is 4.22. The molecule has 0 spiro atoms. The number of aromatic nitrogens is 2. The standard InChI is InChI=1S/C13H16FN3O/c1-9-8-10(14)5-6-11(9)13-16-12(18-17-13)4-2-3-7-15/h5-6,8H,2-4,7,15H2,1H3. The predicted molar refractivity (Wildman–Crippen MR) is 66.4 cm³/mol. The van der Waals surface area contributed by atoms with Crippen LogP contribution in [0.5, 0.6) is 0 Å². The zero-order valence-corrected chi connectivity index (χ0v) is 10.3. The van der Waals surface area contributed by atoms with Gasteiger partial charge >= 0.3 is 0 Å². The number of hydrogen-bond acceptors (Lipinski definition) is 4. The number of nitrogens with zero attached hydrogens (tertiary/aromatic N) is 2. The van der Waals surface area contributed by atoms with E-state index in [4.69, 9.17) is 10.3 Å². The zero-order chi connectivity index (χ0) is 13.0. The predicted octanol–water partition coefficient (Wildman–Crippen LogP) is 2.47. The smallest absolute Gasteiger partial charge is 0.226 e. The number of aryl methyl sites for hydroxylation is 2. The number of unbranched alkanes of at least 4 members (excludes halogenated alkanes) is 1. The van der Waals surface area contributed by atoms with Crippen LogP contribution in [0, 0.1) is 12.7 Å². The first-order valence-electron chi connectivity index (χ1n) is 6.00. The van der Waals surface area contributed by atoms with Crippen LogP contribution < -0.4 is 5.73 Å². The lowest BCUT2D eigenvalue weighted by Crippen LogP contribution is -1.99. The molecule has 1 heterocycles. The topological polar surface area (TPSA) is 64.9 Å². The lowest BCUT2D eigenvalue weighted by atomic mass is 10.1. The first-order valence-corrected chi connectivity index (χ1v) is 6.00. The molecule has 0 radical (unpaired) electrons. The number of benzene rings is 1.